The predicted molar refractivity (Wildman–Crippen MR) is 89.8 cm³/mol. The Morgan fingerprint density at radius 3 is 2.32 bits per heavy atom. The molecule has 0 radical (unpaired) electrons. The lowest BCUT2D eigenvalue weighted by atomic mass is 10.0. The summed E-state index contributed by atoms with van der Waals surface area (Å²) in [6, 6.07) is 14.9. The zero-order valence-electron chi connectivity index (χ0n) is 13.2. The second-order valence-corrected chi connectivity index (χ2v) is 8.02. The summed E-state index contributed by atoms with van der Waals surface area (Å²) < 4.78 is 27.6. The van der Waals surface area contributed by atoms with E-state index in [9.17, 15) is 8.42 Å². The molecule has 3 rings (SSSR count). The van der Waals surface area contributed by atoms with E-state index in [1.807, 2.05) is 43.3 Å². The number of nitrogens with zero attached hydrogens (tertiary/aromatic N) is 1. The van der Waals surface area contributed by atoms with Gasteiger partial charge in [-0.3, -0.25) is 4.31 Å². The predicted octanol–water partition coefficient (Wildman–Crippen LogP) is 3.95. The first-order chi connectivity index (χ1) is 10.4. The molecule has 0 fully saturated rings. The highest BCUT2D eigenvalue weighted by Gasteiger charge is 2.35. The molecular formula is C18H21NO2S. The fourth-order valence-corrected chi connectivity index (χ4v) is 4.73. The Bertz CT molecular complexity index is 779. The van der Waals surface area contributed by atoms with Crippen LogP contribution in [0.4, 0.5) is 5.69 Å². The van der Waals surface area contributed by atoms with Gasteiger partial charge >= 0.3 is 0 Å². The molecule has 0 amide bonds. The maximum atomic E-state index is 13.0. The summed E-state index contributed by atoms with van der Waals surface area (Å²) in [5, 5.41) is 0. The Kier molecular flexibility index (Phi) is 3.73. The van der Waals surface area contributed by atoms with Crippen LogP contribution >= 0.6 is 0 Å². The number of rotatable bonds is 3. The van der Waals surface area contributed by atoms with Gasteiger partial charge in [-0.25, -0.2) is 8.42 Å². The first kappa shape index (κ1) is 15.1. The molecule has 0 spiro atoms. The Morgan fingerprint density at radius 2 is 1.68 bits per heavy atom. The minimum atomic E-state index is -3.51. The molecule has 3 nitrogen and oxygen atoms in total. The van der Waals surface area contributed by atoms with E-state index in [1.165, 1.54) is 0 Å². The highest BCUT2D eigenvalue weighted by atomic mass is 32.2. The Hall–Kier alpha value is -1.81. The van der Waals surface area contributed by atoms with Gasteiger partial charge in [-0.2, -0.15) is 0 Å². The van der Waals surface area contributed by atoms with Crippen LogP contribution in [-0.2, 0) is 16.4 Å². The summed E-state index contributed by atoms with van der Waals surface area (Å²) >= 11 is 0. The zero-order chi connectivity index (χ0) is 15.9. The summed E-state index contributed by atoms with van der Waals surface area (Å²) in [6.45, 7) is 6.16. The molecule has 1 aliphatic rings. The number of anilines is 1. The summed E-state index contributed by atoms with van der Waals surface area (Å²) in [4.78, 5) is 0.362. The highest BCUT2D eigenvalue weighted by molar-refractivity contribution is 7.92. The van der Waals surface area contributed by atoms with Crippen molar-refractivity contribution in [3.8, 4) is 0 Å². The van der Waals surface area contributed by atoms with Gasteiger partial charge in [0.05, 0.1) is 10.6 Å². The minimum absolute atomic E-state index is 0.0489. The van der Waals surface area contributed by atoms with Crippen molar-refractivity contribution in [2.24, 2.45) is 0 Å². The molecule has 116 valence electrons. The summed E-state index contributed by atoms with van der Waals surface area (Å²) in [6.07, 6.45) is 0.763. The SMILES string of the molecule is CC(C)c1ccc(S(=O)(=O)N2c3ccccc3C[C@H]2C)cc1. The molecule has 1 aliphatic heterocycles. The monoisotopic (exact) mass is 315 g/mol. The van der Waals surface area contributed by atoms with Crippen molar-refractivity contribution in [3.05, 3.63) is 59.7 Å². The standard InChI is InChI=1S/C18H21NO2S/c1-13(2)15-8-10-17(11-9-15)22(20,21)19-14(3)12-16-6-4-5-7-18(16)19/h4-11,13-14H,12H2,1-3H3/t14-/m1/s1. The van der Waals surface area contributed by atoms with Gasteiger partial charge in [0.15, 0.2) is 0 Å². The van der Waals surface area contributed by atoms with Crippen LogP contribution < -0.4 is 4.31 Å². The lowest BCUT2D eigenvalue weighted by Gasteiger charge is -2.24. The van der Waals surface area contributed by atoms with Crippen molar-refractivity contribution < 1.29 is 8.42 Å². The average molecular weight is 315 g/mol. The van der Waals surface area contributed by atoms with Gasteiger partial charge < -0.3 is 0 Å². The maximum absolute atomic E-state index is 13.0. The van der Waals surface area contributed by atoms with Crippen LogP contribution in [0.1, 0.15) is 37.8 Å². The number of para-hydroxylation sites is 1. The minimum Gasteiger partial charge on any atom is -0.263 e. The molecule has 0 unspecified atom stereocenters. The van der Waals surface area contributed by atoms with Gasteiger partial charge in [-0.1, -0.05) is 44.2 Å². The number of fused-ring (bicyclic) bond motifs is 1. The van der Waals surface area contributed by atoms with Gasteiger partial charge in [-0.15, -0.1) is 0 Å². The third-order valence-corrected chi connectivity index (χ3v) is 6.19. The molecule has 4 heteroatoms. The van der Waals surface area contributed by atoms with Crippen LogP contribution in [0.3, 0.4) is 0 Å². The molecule has 2 aromatic carbocycles. The van der Waals surface area contributed by atoms with Crippen LogP contribution in [0.25, 0.3) is 0 Å². The molecule has 0 saturated heterocycles. The zero-order valence-corrected chi connectivity index (χ0v) is 14.0. The van der Waals surface area contributed by atoms with Gasteiger partial charge in [0.25, 0.3) is 10.0 Å². The average Bonchev–Trinajstić information content (AvgIpc) is 2.83. The number of hydrogen-bond acceptors (Lipinski definition) is 2. The van der Waals surface area contributed by atoms with E-state index < -0.39 is 10.0 Å². The number of hydrogen-bond donors (Lipinski definition) is 0. The second-order valence-electron chi connectivity index (χ2n) is 6.21. The maximum Gasteiger partial charge on any atom is 0.264 e. The van der Waals surface area contributed by atoms with E-state index in [1.54, 1.807) is 16.4 Å². The fraction of sp³-hybridized carbons (Fsp3) is 0.333. The van der Waals surface area contributed by atoms with Gasteiger partial charge in [-0.05, 0) is 48.6 Å². The molecule has 0 aliphatic carbocycles. The lowest BCUT2D eigenvalue weighted by molar-refractivity contribution is 0.584. The van der Waals surface area contributed by atoms with Crippen LogP contribution in [0.5, 0.6) is 0 Å². The Labute approximate surface area is 132 Å². The van der Waals surface area contributed by atoms with Gasteiger partial charge in [0, 0.05) is 6.04 Å². The largest absolute Gasteiger partial charge is 0.264 e. The molecule has 0 saturated carbocycles. The van der Waals surface area contributed by atoms with Crippen molar-refractivity contribution in [2.45, 2.75) is 44.0 Å². The number of sulfonamides is 1. The Balaban J connectivity index is 2.03. The first-order valence-electron chi connectivity index (χ1n) is 7.63. The van der Waals surface area contributed by atoms with E-state index in [4.69, 9.17) is 0 Å². The molecule has 0 bridgehead atoms. The van der Waals surface area contributed by atoms with E-state index >= 15 is 0 Å². The van der Waals surface area contributed by atoms with Crippen molar-refractivity contribution in [1.29, 1.82) is 0 Å². The van der Waals surface area contributed by atoms with Crippen molar-refractivity contribution in [2.75, 3.05) is 4.31 Å². The van der Waals surface area contributed by atoms with Crippen LogP contribution in [0.15, 0.2) is 53.4 Å². The van der Waals surface area contributed by atoms with Gasteiger partial charge in [0.2, 0.25) is 0 Å². The van der Waals surface area contributed by atoms with Crippen molar-refractivity contribution in [1.82, 2.24) is 0 Å². The summed E-state index contributed by atoms with van der Waals surface area (Å²) in [5.74, 6) is 0.392. The fourth-order valence-electron chi connectivity index (χ4n) is 3.04. The summed E-state index contributed by atoms with van der Waals surface area (Å²) in [5.41, 5.74) is 3.05. The third-order valence-electron chi connectivity index (χ3n) is 4.25. The van der Waals surface area contributed by atoms with E-state index in [0.717, 1.165) is 23.2 Å². The van der Waals surface area contributed by atoms with Gasteiger partial charge in [0.1, 0.15) is 0 Å². The van der Waals surface area contributed by atoms with Crippen molar-refractivity contribution in [3.63, 3.8) is 0 Å². The first-order valence-corrected chi connectivity index (χ1v) is 9.07. The molecule has 0 aromatic heterocycles. The normalized spacial score (nSPS) is 17.8. The molecule has 0 N–H and O–H groups in total. The topological polar surface area (TPSA) is 37.4 Å². The van der Waals surface area contributed by atoms with E-state index in [0.29, 0.717) is 10.8 Å². The van der Waals surface area contributed by atoms with Crippen LogP contribution in [0.2, 0.25) is 0 Å². The lowest BCUT2D eigenvalue weighted by Crippen LogP contribution is -2.35. The van der Waals surface area contributed by atoms with Crippen LogP contribution in [-0.4, -0.2) is 14.5 Å². The molecular weight excluding hydrogens is 294 g/mol. The van der Waals surface area contributed by atoms with E-state index in [2.05, 4.69) is 13.8 Å². The van der Waals surface area contributed by atoms with Crippen molar-refractivity contribution >= 4 is 15.7 Å². The number of benzene rings is 2. The molecule has 1 heterocycles. The van der Waals surface area contributed by atoms with Crippen LogP contribution in [0, 0.1) is 0 Å². The molecule has 2 aromatic rings. The quantitative estimate of drug-likeness (QED) is 0.860. The second kappa shape index (κ2) is 5.43. The molecule has 1 atom stereocenters. The highest BCUT2D eigenvalue weighted by Crippen LogP contribution is 2.36. The Morgan fingerprint density at radius 1 is 1.05 bits per heavy atom. The summed E-state index contributed by atoms with van der Waals surface area (Å²) in [7, 11) is -3.51. The third kappa shape index (κ3) is 2.41. The smallest absolute Gasteiger partial charge is 0.263 e. The molecule has 22 heavy (non-hydrogen) atoms. The van der Waals surface area contributed by atoms with E-state index in [-0.39, 0.29) is 6.04 Å².